The molecule has 1 heterocycles. The lowest BCUT2D eigenvalue weighted by Gasteiger charge is -2.19. The molecule has 0 aliphatic heterocycles. The number of hydroxylamine groups is 1. The van der Waals surface area contributed by atoms with Crippen LogP contribution in [0, 0.1) is 5.82 Å². The smallest absolute Gasteiger partial charge is 0.288 e. The molecule has 3 N–H and O–H groups in total. The Balaban J connectivity index is 1.73. The topological polar surface area (TPSA) is 107 Å². The Morgan fingerprint density at radius 1 is 1.10 bits per heavy atom. The number of hydrazine groups is 1. The summed E-state index contributed by atoms with van der Waals surface area (Å²) in [6.45, 7) is -0.00394. The normalized spacial score (nSPS) is 10.4. The number of halogens is 1. The standard InChI is InChI=1S/C20H18FN5O3/c1-26(24-12-15-8-7-14(11-16(15)21)19(27)25-29)20(28)18-17(22-9-10-23-18)13-5-3-2-4-6-13/h2-11,24,29H,12H2,1H3,(H,25,27). The van der Waals surface area contributed by atoms with Gasteiger partial charge in [-0.05, 0) is 12.1 Å². The molecular formula is C20H18FN5O3. The first-order valence-electron chi connectivity index (χ1n) is 8.62. The van der Waals surface area contributed by atoms with Crippen LogP contribution in [0.25, 0.3) is 11.3 Å². The molecule has 2 amide bonds. The minimum atomic E-state index is -0.813. The molecule has 0 atom stereocenters. The summed E-state index contributed by atoms with van der Waals surface area (Å²) in [7, 11) is 1.50. The predicted molar refractivity (Wildman–Crippen MR) is 102 cm³/mol. The van der Waals surface area contributed by atoms with Crippen molar-refractivity contribution in [3.05, 3.63) is 83.6 Å². The van der Waals surface area contributed by atoms with Crippen LogP contribution in [0.2, 0.25) is 0 Å². The second-order valence-electron chi connectivity index (χ2n) is 6.07. The Morgan fingerprint density at radius 3 is 2.52 bits per heavy atom. The Labute approximate surface area is 166 Å². The van der Waals surface area contributed by atoms with E-state index in [2.05, 4.69) is 15.4 Å². The minimum absolute atomic E-state index is 0.00394. The molecule has 3 aromatic rings. The van der Waals surface area contributed by atoms with Gasteiger partial charge < -0.3 is 0 Å². The molecule has 0 saturated heterocycles. The van der Waals surface area contributed by atoms with Gasteiger partial charge in [-0.15, -0.1) is 0 Å². The highest BCUT2D eigenvalue weighted by molar-refractivity contribution is 5.97. The lowest BCUT2D eigenvalue weighted by molar-refractivity contribution is 0.0702. The van der Waals surface area contributed by atoms with E-state index < -0.39 is 17.6 Å². The monoisotopic (exact) mass is 395 g/mol. The quantitative estimate of drug-likeness (QED) is 0.436. The van der Waals surface area contributed by atoms with Gasteiger partial charge in [0.25, 0.3) is 11.8 Å². The summed E-state index contributed by atoms with van der Waals surface area (Å²) in [5, 5.41) is 9.81. The molecule has 0 fully saturated rings. The van der Waals surface area contributed by atoms with E-state index >= 15 is 0 Å². The van der Waals surface area contributed by atoms with Gasteiger partial charge in [-0.3, -0.25) is 24.8 Å². The lowest BCUT2D eigenvalue weighted by atomic mass is 10.1. The Hall–Kier alpha value is -3.69. The van der Waals surface area contributed by atoms with Crippen molar-refractivity contribution in [3.8, 4) is 11.3 Å². The van der Waals surface area contributed by atoms with Crippen molar-refractivity contribution in [2.24, 2.45) is 0 Å². The zero-order valence-electron chi connectivity index (χ0n) is 15.5. The summed E-state index contributed by atoms with van der Waals surface area (Å²) in [6, 6.07) is 12.9. The lowest BCUT2D eigenvalue weighted by Crippen LogP contribution is -2.40. The number of carbonyl (C=O) groups excluding carboxylic acids is 2. The van der Waals surface area contributed by atoms with Gasteiger partial charge in [-0.1, -0.05) is 36.4 Å². The van der Waals surface area contributed by atoms with E-state index in [0.29, 0.717) is 5.69 Å². The molecule has 3 rings (SSSR count). The van der Waals surface area contributed by atoms with Crippen molar-refractivity contribution >= 4 is 11.8 Å². The van der Waals surface area contributed by atoms with Gasteiger partial charge >= 0.3 is 0 Å². The van der Waals surface area contributed by atoms with Gasteiger partial charge in [0.1, 0.15) is 11.5 Å². The zero-order valence-corrected chi connectivity index (χ0v) is 15.5. The van der Waals surface area contributed by atoms with Crippen LogP contribution in [0.1, 0.15) is 26.4 Å². The number of benzene rings is 2. The third-order valence-corrected chi connectivity index (χ3v) is 4.18. The molecular weight excluding hydrogens is 377 g/mol. The first-order chi connectivity index (χ1) is 14.0. The Morgan fingerprint density at radius 2 is 1.83 bits per heavy atom. The summed E-state index contributed by atoms with van der Waals surface area (Å²) in [5.41, 5.74) is 5.81. The molecule has 0 saturated carbocycles. The maximum atomic E-state index is 14.2. The largest absolute Gasteiger partial charge is 0.288 e. The zero-order chi connectivity index (χ0) is 20.8. The van der Waals surface area contributed by atoms with Crippen LogP contribution in [-0.2, 0) is 6.54 Å². The number of aromatic nitrogens is 2. The van der Waals surface area contributed by atoms with Gasteiger partial charge in [0.2, 0.25) is 0 Å². The van der Waals surface area contributed by atoms with E-state index in [1.165, 1.54) is 42.1 Å². The van der Waals surface area contributed by atoms with Crippen molar-refractivity contribution in [1.29, 1.82) is 0 Å². The van der Waals surface area contributed by atoms with Gasteiger partial charge in [-0.2, -0.15) is 0 Å². The van der Waals surface area contributed by atoms with Crippen LogP contribution in [0.3, 0.4) is 0 Å². The molecule has 2 aromatic carbocycles. The van der Waals surface area contributed by atoms with Crippen molar-refractivity contribution in [2.45, 2.75) is 6.54 Å². The fourth-order valence-electron chi connectivity index (χ4n) is 2.63. The van der Waals surface area contributed by atoms with Crippen molar-refractivity contribution in [1.82, 2.24) is 25.9 Å². The van der Waals surface area contributed by atoms with Crippen molar-refractivity contribution in [2.75, 3.05) is 7.05 Å². The highest BCUT2D eigenvalue weighted by Gasteiger charge is 2.19. The van der Waals surface area contributed by atoms with E-state index in [0.717, 1.165) is 11.6 Å². The van der Waals surface area contributed by atoms with E-state index in [9.17, 15) is 14.0 Å². The predicted octanol–water partition coefficient (Wildman–Crippen LogP) is 2.18. The van der Waals surface area contributed by atoms with Gasteiger partial charge in [-0.25, -0.2) is 20.3 Å². The molecule has 0 radical (unpaired) electrons. The summed E-state index contributed by atoms with van der Waals surface area (Å²) < 4.78 is 14.2. The number of carbonyl (C=O) groups is 2. The minimum Gasteiger partial charge on any atom is -0.288 e. The van der Waals surface area contributed by atoms with E-state index in [1.807, 2.05) is 30.3 Å². The van der Waals surface area contributed by atoms with E-state index in [4.69, 9.17) is 5.21 Å². The second-order valence-corrected chi connectivity index (χ2v) is 6.07. The number of amides is 2. The molecule has 148 valence electrons. The van der Waals surface area contributed by atoms with Crippen LogP contribution in [0.4, 0.5) is 4.39 Å². The molecule has 0 spiro atoms. The second kappa shape index (κ2) is 9.00. The SMILES string of the molecule is CN(NCc1ccc(C(=O)NO)cc1F)C(=O)c1nccnc1-c1ccccc1. The summed E-state index contributed by atoms with van der Waals surface area (Å²) in [4.78, 5) is 32.6. The highest BCUT2D eigenvalue weighted by Crippen LogP contribution is 2.20. The van der Waals surface area contributed by atoms with Gasteiger partial charge in [0.05, 0.1) is 0 Å². The fourth-order valence-corrected chi connectivity index (χ4v) is 2.63. The van der Waals surface area contributed by atoms with Crippen molar-refractivity contribution < 1.29 is 19.2 Å². The maximum absolute atomic E-state index is 14.2. The van der Waals surface area contributed by atoms with E-state index in [1.54, 1.807) is 0 Å². The summed E-state index contributed by atoms with van der Waals surface area (Å²) >= 11 is 0. The average Bonchev–Trinajstić information content (AvgIpc) is 2.77. The summed E-state index contributed by atoms with van der Waals surface area (Å²) in [6.07, 6.45) is 2.93. The number of nitrogens with one attached hydrogen (secondary N) is 2. The number of rotatable bonds is 6. The van der Waals surface area contributed by atoms with Crippen LogP contribution in [0.15, 0.2) is 60.9 Å². The average molecular weight is 395 g/mol. The number of hydrogen-bond donors (Lipinski definition) is 3. The van der Waals surface area contributed by atoms with Gasteiger partial charge in [0, 0.05) is 42.7 Å². The summed E-state index contributed by atoms with van der Waals surface area (Å²) in [5.74, 6) is -1.90. The number of hydrogen-bond acceptors (Lipinski definition) is 6. The molecule has 29 heavy (non-hydrogen) atoms. The van der Waals surface area contributed by atoms with E-state index in [-0.39, 0.29) is 23.4 Å². The fraction of sp³-hybridized carbons (Fsp3) is 0.100. The van der Waals surface area contributed by atoms with Crippen LogP contribution in [0.5, 0.6) is 0 Å². The Kier molecular flexibility index (Phi) is 6.22. The molecule has 0 aliphatic rings. The molecule has 0 aliphatic carbocycles. The molecule has 0 bridgehead atoms. The molecule has 8 nitrogen and oxygen atoms in total. The third-order valence-electron chi connectivity index (χ3n) is 4.18. The third kappa shape index (κ3) is 4.60. The number of nitrogens with zero attached hydrogens (tertiary/aromatic N) is 3. The maximum Gasteiger partial charge on any atom is 0.288 e. The highest BCUT2D eigenvalue weighted by atomic mass is 19.1. The van der Waals surface area contributed by atoms with Crippen LogP contribution in [-0.4, -0.2) is 39.0 Å². The molecule has 0 unspecified atom stereocenters. The molecule has 1 aromatic heterocycles. The van der Waals surface area contributed by atoms with Gasteiger partial charge in [0.15, 0.2) is 5.69 Å². The van der Waals surface area contributed by atoms with Crippen LogP contribution < -0.4 is 10.9 Å². The Bertz CT molecular complexity index is 1030. The van der Waals surface area contributed by atoms with Crippen molar-refractivity contribution in [3.63, 3.8) is 0 Å². The molecule has 9 heteroatoms. The first-order valence-corrected chi connectivity index (χ1v) is 8.62. The first kappa shape index (κ1) is 20.1. The van der Waals surface area contributed by atoms with Crippen LogP contribution >= 0.6 is 0 Å².